The fourth-order valence-corrected chi connectivity index (χ4v) is 3.45. The molecule has 7 heteroatoms. The van der Waals surface area contributed by atoms with Crippen molar-refractivity contribution in [2.24, 2.45) is 5.92 Å². The molecule has 25 heavy (non-hydrogen) atoms. The van der Waals surface area contributed by atoms with Crippen molar-refractivity contribution in [3.8, 4) is 11.5 Å². The van der Waals surface area contributed by atoms with Crippen molar-refractivity contribution in [1.82, 2.24) is 19.7 Å². The highest BCUT2D eigenvalue weighted by molar-refractivity contribution is 5.42. The molecule has 1 aliphatic heterocycles. The zero-order chi connectivity index (χ0) is 17.4. The second-order valence-corrected chi connectivity index (χ2v) is 6.77. The summed E-state index contributed by atoms with van der Waals surface area (Å²) in [6.07, 6.45) is 3.55. The van der Waals surface area contributed by atoms with E-state index in [0.717, 1.165) is 49.6 Å². The zero-order valence-corrected chi connectivity index (χ0v) is 14.7. The fourth-order valence-electron chi connectivity index (χ4n) is 3.45. The average molecular weight is 344 g/mol. The highest BCUT2D eigenvalue weighted by atomic mass is 16.5. The molecular formula is C18H24N4O3. The minimum Gasteiger partial charge on any atom is -0.493 e. The summed E-state index contributed by atoms with van der Waals surface area (Å²) in [7, 11) is 3.27. The number of rotatable bonds is 6. The van der Waals surface area contributed by atoms with Gasteiger partial charge in [0.15, 0.2) is 11.5 Å². The second-order valence-electron chi connectivity index (χ2n) is 6.77. The molecule has 1 fully saturated rings. The highest BCUT2D eigenvalue weighted by Crippen LogP contribution is 2.40. The predicted octanol–water partition coefficient (Wildman–Crippen LogP) is 1.75. The van der Waals surface area contributed by atoms with Crippen molar-refractivity contribution < 1.29 is 14.6 Å². The van der Waals surface area contributed by atoms with Crippen molar-refractivity contribution in [3.63, 3.8) is 0 Å². The molecule has 134 valence electrons. The number of methoxy groups -OCH3 is 2. The van der Waals surface area contributed by atoms with Crippen LogP contribution in [0.3, 0.4) is 0 Å². The number of aliphatic hydroxyl groups is 1. The lowest BCUT2D eigenvalue weighted by molar-refractivity contribution is 0.147. The Hall–Kier alpha value is -2.12. The molecular weight excluding hydrogens is 320 g/mol. The Bertz CT molecular complexity index is 757. The van der Waals surface area contributed by atoms with E-state index < -0.39 is 6.10 Å². The number of fused-ring (bicyclic) bond motifs is 1. The maximum absolute atomic E-state index is 10.3. The van der Waals surface area contributed by atoms with Crippen LogP contribution in [0, 0.1) is 5.92 Å². The number of aromatic nitrogens is 3. The molecule has 0 bridgehead atoms. The second kappa shape index (κ2) is 6.65. The Morgan fingerprint density at radius 2 is 2.12 bits per heavy atom. The maximum Gasteiger partial charge on any atom is 0.183 e. The zero-order valence-electron chi connectivity index (χ0n) is 14.7. The molecule has 0 amide bonds. The number of pyridine rings is 1. The highest BCUT2D eigenvalue weighted by Gasteiger charge is 2.33. The summed E-state index contributed by atoms with van der Waals surface area (Å²) >= 11 is 0. The molecule has 1 saturated carbocycles. The van der Waals surface area contributed by atoms with Crippen LogP contribution >= 0.6 is 0 Å². The first-order valence-electron chi connectivity index (χ1n) is 8.72. The van der Waals surface area contributed by atoms with E-state index in [9.17, 15) is 5.11 Å². The smallest absolute Gasteiger partial charge is 0.183 e. The predicted molar refractivity (Wildman–Crippen MR) is 91.4 cm³/mol. The van der Waals surface area contributed by atoms with Gasteiger partial charge < -0.3 is 14.6 Å². The molecule has 1 atom stereocenters. The first-order valence-corrected chi connectivity index (χ1v) is 8.72. The standard InChI is InChI=1S/C18H24N4O3/c1-24-16-5-6-19-15(18(16)25-2)11-21-7-8-22-13(10-21)9-14(20-22)17(23)12-3-4-12/h5-6,9,12,17,23H,3-4,7-8,10-11H2,1-2H3/t17-/m1/s1. The maximum atomic E-state index is 10.3. The molecule has 0 radical (unpaired) electrons. The van der Waals surface area contributed by atoms with Crippen molar-refractivity contribution in [1.29, 1.82) is 0 Å². The van der Waals surface area contributed by atoms with Gasteiger partial charge >= 0.3 is 0 Å². The molecule has 0 spiro atoms. The van der Waals surface area contributed by atoms with Crippen molar-refractivity contribution >= 4 is 0 Å². The fraction of sp³-hybridized carbons (Fsp3) is 0.556. The lowest BCUT2D eigenvalue weighted by atomic mass is 10.1. The molecule has 7 nitrogen and oxygen atoms in total. The van der Waals surface area contributed by atoms with Crippen LogP contribution in [-0.2, 0) is 19.6 Å². The van der Waals surface area contributed by atoms with Crippen LogP contribution in [0.25, 0.3) is 0 Å². The van der Waals surface area contributed by atoms with Gasteiger partial charge in [-0.1, -0.05) is 0 Å². The molecule has 2 aliphatic rings. The minimum absolute atomic E-state index is 0.401. The molecule has 2 aromatic rings. The summed E-state index contributed by atoms with van der Waals surface area (Å²) in [5.41, 5.74) is 2.83. The van der Waals surface area contributed by atoms with E-state index >= 15 is 0 Å². The van der Waals surface area contributed by atoms with Gasteiger partial charge in [-0.2, -0.15) is 5.10 Å². The summed E-state index contributed by atoms with van der Waals surface area (Å²) in [4.78, 5) is 6.78. The third kappa shape index (κ3) is 3.21. The summed E-state index contributed by atoms with van der Waals surface area (Å²) in [5, 5.41) is 14.9. The molecule has 2 aromatic heterocycles. The Balaban J connectivity index is 1.49. The molecule has 0 saturated heterocycles. The Morgan fingerprint density at radius 1 is 1.28 bits per heavy atom. The van der Waals surface area contributed by atoms with E-state index in [1.54, 1.807) is 26.5 Å². The summed E-state index contributed by atoms with van der Waals surface area (Å²) in [6, 6.07) is 3.85. The topological polar surface area (TPSA) is 72.6 Å². The van der Waals surface area contributed by atoms with Gasteiger partial charge in [-0.15, -0.1) is 0 Å². The average Bonchev–Trinajstić information content (AvgIpc) is 3.39. The SMILES string of the molecule is COc1ccnc(CN2CCn3nc([C@H](O)C4CC4)cc3C2)c1OC. The summed E-state index contributed by atoms with van der Waals surface area (Å²) in [6.45, 7) is 3.17. The lowest BCUT2D eigenvalue weighted by Crippen LogP contribution is -2.33. The van der Waals surface area contributed by atoms with E-state index in [2.05, 4.69) is 15.0 Å². The first-order chi connectivity index (χ1) is 12.2. The summed E-state index contributed by atoms with van der Waals surface area (Å²) in [5.74, 6) is 1.79. The van der Waals surface area contributed by atoms with Crippen LogP contribution in [-0.4, -0.2) is 45.5 Å². The largest absolute Gasteiger partial charge is 0.493 e. The summed E-state index contributed by atoms with van der Waals surface area (Å²) < 4.78 is 12.9. The van der Waals surface area contributed by atoms with Gasteiger partial charge in [0.2, 0.25) is 0 Å². The monoisotopic (exact) mass is 344 g/mol. The third-order valence-electron chi connectivity index (χ3n) is 5.01. The van der Waals surface area contributed by atoms with E-state index in [4.69, 9.17) is 9.47 Å². The number of aliphatic hydroxyl groups excluding tert-OH is 1. The van der Waals surface area contributed by atoms with Gasteiger partial charge in [0.25, 0.3) is 0 Å². The number of hydrogen-bond acceptors (Lipinski definition) is 6. The number of nitrogens with zero attached hydrogens (tertiary/aromatic N) is 4. The van der Waals surface area contributed by atoms with Crippen LogP contribution in [0.4, 0.5) is 0 Å². The molecule has 4 rings (SSSR count). The molecule has 1 N–H and O–H groups in total. The van der Waals surface area contributed by atoms with Gasteiger partial charge in [-0.05, 0) is 24.8 Å². The van der Waals surface area contributed by atoms with Gasteiger partial charge in [0.1, 0.15) is 11.8 Å². The molecule has 0 unspecified atom stereocenters. The lowest BCUT2D eigenvalue weighted by Gasteiger charge is -2.27. The minimum atomic E-state index is -0.410. The Kier molecular flexibility index (Phi) is 4.35. The van der Waals surface area contributed by atoms with E-state index in [1.807, 2.05) is 10.7 Å². The number of ether oxygens (including phenoxy) is 2. The van der Waals surface area contributed by atoms with Crippen LogP contribution in [0.15, 0.2) is 18.3 Å². The number of hydrogen-bond donors (Lipinski definition) is 1. The van der Waals surface area contributed by atoms with Crippen LogP contribution < -0.4 is 9.47 Å². The Labute approximate surface area is 147 Å². The van der Waals surface area contributed by atoms with E-state index in [0.29, 0.717) is 24.0 Å². The molecule has 3 heterocycles. The van der Waals surface area contributed by atoms with Gasteiger partial charge in [0.05, 0.1) is 32.2 Å². The van der Waals surface area contributed by atoms with Gasteiger partial charge in [0, 0.05) is 31.9 Å². The third-order valence-corrected chi connectivity index (χ3v) is 5.01. The molecule has 0 aromatic carbocycles. The first kappa shape index (κ1) is 16.4. The Morgan fingerprint density at radius 3 is 2.84 bits per heavy atom. The normalized spacial score (nSPS) is 18.7. The molecule has 1 aliphatic carbocycles. The van der Waals surface area contributed by atoms with Crippen molar-refractivity contribution in [3.05, 3.63) is 35.4 Å². The van der Waals surface area contributed by atoms with E-state index in [-0.39, 0.29) is 0 Å². The van der Waals surface area contributed by atoms with Crippen molar-refractivity contribution in [2.45, 2.75) is 38.6 Å². The van der Waals surface area contributed by atoms with Crippen molar-refractivity contribution in [2.75, 3.05) is 20.8 Å². The van der Waals surface area contributed by atoms with Gasteiger partial charge in [-0.3, -0.25) is 14.6 Å². The van der Waals surface area contributed by atoms with E-state index in [1.165, 1.54) is 0 Å². The van der Waals surface area contributed by atoms with Crippen LogP contribution in [0.1, 0.15) is 36.0 Å². The van der Waals surface area contributed by atoms with Crippen LogP contribution in [0.5, 0.6) is 11.5 Å². The van der Waals surface area contributed by atoms with Crippen LogP contribution in [0.2, 0.25) is 0 Å². The van der Waals surface area contributed by atoms with Gasteiger partial charge in [-0.25, -0.2) is 0 Å². The quantitative estimate of drug-likeness (QED) is 0.861.